The van der Waals surface area contributed by atoms with Crippen LogP contribution in [0.3, 0.4) is 0 Å². The minimum absolute atomic E-state index is 0. The quantitative estimate of drug-likeness (QED) is 0.769. The molecule has 2 aromatic carbocycles. The first-order chi connectivity index (χ1) is 13.2. The molecular weight excluding hydrogens is 372 g/mol. The summed E-state index contributed by atoms with van der Waals surface area (Å²) in [6.45, 7) is 3.78. The summed E-state index contributed by atoms with van der Waals surface area (Å²) < 4.78 is 5.85. The molecule has 0 aromatic heterocycles. The van der Waals surface area contributed by atoms with Crippen LogP contribution in [0.5, 0.6) is 5.75 Å². The third-order valence-electron chi connectivity index (χ3n) is 5.77. The Bertz CT molecular complexity index is 766. The van der Waals surface area contributed by atoms with E-state index in [9.17, 15) is 4.79 Å². The zero-order valence-corrected chi connectivity index (χ0v) is 17.1. The van der Waals surface area contributed by atoms with E-state index in [1.807, 2.05) is 30.3 Å². The lowest BCUT2D eigenvalue weighted by atomic mass is 9.99. The van der Waals surface area contributed by atoms with Crippen molar-refractivity contribution in [2.75, 3.05) is 6.54 Å². The van der Waals surface area contributed by atoms with Gasteiger partial charge in [0.25, 0.3) is 0 Å². The minimum Gasteiger partial charge on any atom is -0.489 e. The SMILES string of the molecule is CC1NCCCC1NC(=O)C1CC1c1ccc(OCc2ccccc2)cc1.Cl. The van der Waals surface area contributed by atoms with E-state index in [2.05, 4.69) is 41.8 Å². The van der Waals surface area contributed by atoms with E-state index in [-0.39, 0.29) is 30.3 Å². The number of halogens is 1. The molecule has 0 bridgehead atoms. The van der Waals surface area contributed by atoms with E-state index in [0.29, 0.717) is 18.6 Å². The van der Waals surface area contributed by atoms with E-state index in [4.69, 9.17) is 4.74 Å². The van der Waals surface area contributed by atoms with Gasteiger partial charge in [0.05, 0.1) is 0 Å². The van der Waals surface area contributed by atoms with Gasteiger partial charge in [-0.05, 0) is 61.9 Å². The number of carbonyl (C=O) groups excluding carboxylic acids is 1. The number of piperidine rings is 1. The molecule has 0 spiro atoms. The van der Waals surface area contributed by atoms with Gasteiger partial charge in [-0.25, -0.2) is 0 Å². The molecule has 4 nitrogen and oxygen atoms in total. The average molecular weight is 401 g/mol. The van der Waals surface area contributed by atoms with Crippen LogP contribution in [-0.2, 0) is 11.4 Å². The Morgan fingerprint density at radius 2 is 1.89 bits per heavy atom. The maximum atomic E-state index is 12.6. The molecule has 1 saturated heterocycles. The second-order valence-corrected chi connectivity index (χ2v) is 7.79. The highest BCUT2D eigenvalue weighted by atomic mass is 35.5. The van der Waals surface area contributed by atoms with Gasteiger partial charge in [0.15, 0.2) is 0 Å². The van der Waals surface area contributed by atoms with E-state index in [1.165, 1.54) is 5.56 Å². The fraction of sp³-hybridized carbons (Fsp3) is 0.435. The number of amides is 1. The van der Waals surface area contributed by atoms with Crippen LogP contribution in [0, 0.1) is 5.92 Å². The fourth-order valence-electron chi connectivity index (χ4n) is 3.94. The predicted molar refractivity (Wildman–Crippen MR) is 114 cm³/mol. The van der Waals surface area contributed by atoms with Crippen molar-refractivity contribution in [3.05, 3.63) is 65.7 Å². The van der Waals surface area contributed by atoms with Crippen LogP contribution in [0.4, 0.5) is 0 Å². The zero-order chi connectivity index (χ0) is 18.6. The van der Waals surface area contributed by atoms with Gasteiger partial charge in [-0.3, -0.25) is 4.79 Å². The average Bonchev–Trinajstić information content (AvgIpc) is 3.50. The van der Waals surface area contributed by atoms with Gasteiger partial charge in [-0.1, -0.05) is 42.5 Å². The van der Waals surface area contributed by atoms with Crippen molar-refractivity contribution >= 4 is 18.3 Å². The molecule has 2 N–H and O–H groups in total. The number of ether oxygens (including phenoxy) is 1. The summed E-state index contributed by atoms with van der Waals surface area (Å²) in [5, 5.41) is 6.70. The molecule has 150 valence electrons. The third kappa shape index (κ3) is 5.06. The molecule has 1 heterocycles. The molecule has 4 unspecified atom stereocenters. The van der Waals surface area contributed by atoms with E-state index < -0.39 is 0 Å². The van der Waals surface area contributed by atoms with Crippen molar-refractivity contribution in [1.29, 1.82) is 0 Å². The van der Waals surface area contributed by atoms with Crippen LogP contribution in [0.25, 0.3) is 0 Å². The summed E-state index contributed by atoms with van der Waals surface area (Å²) in [5.74, 6) is 1.55. The smallest absolute Gasteiger partial charge is 0.224 e. The number of rotatable bonds is 6. The van der Waals surface area contributed by atoms with Crippen molar-refractivity contribution in [3.63, 3.8) is 0 Å². The first-order valence-electron chi connectivity index (χ1n) is 10.0. The highest BCUT2D eigenvalue weighted by Gasteiger charge is 2.44. The van der Waals surface area contributed by atoms with Crippen LogP contribution in [0.15, 0.2) is 54.6 Å². The topological polar surface area (TPSA) is 50.4 Å². The molecule has 2 fully saturated rings. The Balaban J connectivity index is 0.00000225. The molecule has 0 radical (unpaired) electrons. The second-order valence-electron chi connectivity index (χ2n) is 7.79. The van der Waals surface area contributed by atoms with Crippen LogP contribution >= 0.6 is 12.4 Å². The third-order valence-corrected chi connectivity index (χ3v) is 5.77. The number of nitrogens with one attached hydrogen (secondary N) is 2. The predicted octanol–water partition coefficient (Wildman–Crippen LogP) is 4.05. The Kier molecular flexibility index (Phi) is 6.97. The summed E-state index contributed by atoms with van der Waals surface area (Å²) in [5.41, 5.74) is 2.39. The van der Waals surface area contributed by atoms with Gasteiger partial charge >= 0.3 is 0 Å². The van der Waals surface area contributed by atoms with E-state index in [0.717, 1.165) is 37.1 Å². The molecule has 2 aliphatic rings. The number of benzene rings is 2. The van der Waals surface area contributed by atoms with Crippen molar-refractivity contribution in [3.8, 4) is 5.75 Å². The Morgan fingerprint density at radius 1 is 1.14 bits per heavy atom. The summed E-state index contributed by atoms with van der Waals surface area (Å²) in [6.07, 6.45) is 3.16. The highest BCUT2D eigenvalue weighted by molar-refractivity contribution is 5.85. The van der Waals surface area contributed by atoms with Crippen LogP contribution < -0.4 is 15.4 Å². The van der Waals surface area contributed by atoms with Gasteiger partial charge < -0.3 is 15.4 Å². The van der Waals surface area contributed by atoms with Crippen molar-refractivity contribution in [2.45, 2.75) is 50.8 Å². The van der Waals surface area contributed by atoms with Gasteiger partial charge in [0, 0.05) is 18.0 Å². The number of hydrogen-bond donors (Lipinski definition) is 2. The minimum atomic E-state index is 0. The standard InChI is InChI=1S/C23H28N2O2.ClH/c1-16-22(8-5-13-24-16)25-23(26)21-14-20(21)18-9-11-19(12-10-18)27-15-17-6-3-2-4-7-17;/h2-4,6-7,9-12,16,20-22,24H,5,8,13-15H2,1H3,(H,25,26);1H. The molecule has 1 saturated carbocycles. The summed E-state index contributed by atoms with van der Waals surface area (Å²) in [7, 11) is 0. The second kappa shape index (κ2) is 9.44. The first kappa shape index (κ1) is 20.7. The van der Waals surface area contributed by atoms with Gasteiger partial charge in [0.1, 0.15) is 12.4 Å². The molecule has 4 atom stereocenters. The lowest BCUT2D eigenvalue weighted by Crippen LogP contribution is -2.52. The van der Waals surface area contributed by atoms with E-state index in [1.54, 1.807) is 0 Å². The van der Waals surface area contributed by atoms with Gasteiger partial charge in [0.2, 0.25) is 5.91 Å². The van der Waals surface area contributed by atoms with Gasteiger partial charge in [-0.2, -0.15) is 0 Å². The van der Waals surface area contributed by atoms with Crippen molar-refractivity contribution in [1.82, 2.24) is 10.6 Å². The highest BCUT2D eigenvalue weighted by Crippen LogP contribution is 2.48. The van der Waals surface area contributed by atoms with Gasteiger partial charge in [-0.15, -0.1) is 12.4 Å². The molecule has 5 heteroatoms. The Morgan fingerprint density at radius 3 is 2.61 bits per heavy atom. The van der Waals surface area contributed by atoms with E-state index >= 15 is 0 Å². The summed E-state index contributed by atoms with van der Waals surface area (Å²) >= 11 is 0. The lowest BCUT2D eigenvalue weighted by molar-refractivity contribution is -0.123. The molecule has 1 amide bonds. The monoisotopic (exact) mass is 400 g/mol. The Labute approximate surface area is 173 Å². The summed E-state index contributed by atoms with van der Waals surface area (Å²) in [6, 6.07) is 19.0. The van der Waals surface area contributed by atoms with Crippen LogP contribution in [0.1, 0.15) is 43.2 Å². The molecule has 1 aliphatic carbocycles. The summed E-state index contributed by atoms with van der Waals surface area (Å²) in [4.78, 5) is 12.6. The normalized spacial score (nSPS) is 26.0. The van der Waals surface area contributed by atoms with Crippen molar-refractivity contribution in [2.24, 2.45) is 5.92 Å². The van der Waals surface area contributed by atoms with Crippen LogP contribution in [-0.4, -0.2) is 24.5 Å². The largest absolute Gasteiger partial charge is 0.489 e. The molecule has 28 heavy (non-hydrogen) atoms. The number of carbonyl (C=O) groups is 1. The number of hydrogen-bond acceptors (Lipinski definition) is 3. The molecule has 1 aliphatic heterocycles. The zero-order valence-electron chi connectivity index (χ0n) is 16.3. The molecule has 2 aromatic rings. The first-order valence-corrected chi connectivity index (χ1v) is 10.0. The van der Waals surface area contributed by atoms with Crippen LogP contribution in [0.2, 0.25) is 0 Å². The molecular formula is C23H29ClN2O2. The maximum Gasteiger partial charge on any atom is 0.224 e. The lowest BCUT2D eigenvalue weighted by Gasteiger charge is -2.30. The maximum absolute atomic E-state index is 12.6. The fourth-order valence-corrected chi connectivity index (χ4v) is 3.94. The molecule has 4 rings (SSSR count). The van der Waals surface area contributed by atoms with Crippen molar-refractivity contribution < 1.29 is 9.53 Å². The Hall–Kier alpha value is -2.04.